The number of nitrogens with zero attached hydrogens (tertiary/aromatic N) is 3. The Morgan fingerprint density at radius 1 is 1.18 bits per heavy atom. The van der Waals surface area contributed by atoms with Gasteiger partial charge in [0.15, 0.2) is 0 Å². The third-order valence-corrected chi connectivity index (χ3v) is 3.81. The number of aryl methyl sites for hydroxylation is 1. The summed E-state index contributed by atoms with van der Waals surface area (Å²) in [6.07, 6.45) is 7.85. The van der Waals surface area contributed by atoms with Gasteiger partial charge in [0.25, 0.3) is 5.82 Å². The van der Waals surface area contributed by atoms with Gasteiger partial charge >= 0.3 is 0 Å². The molecule has 2 aromatic rings. The summed E-state index contributed by atoms with van der Waals surface area (Å²) < 4.78 is 13.4. The van der Waals surface area contributed by atoms with E-state index < -0.39 is 0 Å². The van der Waals surface area contributed by atoms with E-state index in [1.165, 1.54) is 0 Å². The number of nitrogens with one attached hydrogen (secondary N) is 1. The van der Waals surface area contributed by atoms with Crippen LogP contribution in [0.5, 0.6) is 0 Å². The van der Waals surface area contributed by atoms with Gasteiger partial charge in [-0.1, -0.05) is 0 Å². The zero-order valence-electron chi connectivity index (χ0n) is 18.0. The molecular weight excluding hydrogens is 360 g/mol. The van der Waals surface area contributed by atoms with Crippen LogP contribution in [0.3, 0.4) is 0 Å². The normalized spacial score (nSPS) is 21.0. The van der Waals surface area contributed by atoms with Crippen molar-refractivity contribution in [3.05, 3.63) is 36.4 Å². The Labute approximate surface area is 168 Å². The van der Waals surface area contributed by atoms with Crippen LogP contribution in [0.1, 0.15) is 39.3 Å². The summed E-state index contributed by atoms with van der Waals surface area (Å²) >= 11 is 0. The smallest absolute Gasteiger partial charge is 0.253 e. The summed E-state index contributed by atoms with van der Waals surface area (Å²) in [5.41, 5.74) is 0. The minimum absolute atomic E-state index is 0.346. The van der Waals surface area contributed by atoms with Crippen LogP contribution in [-0.2, 0) is 22.6 Å². The van der Waals surface area contributed by atoms with Gasteiger partial charge in [0, 0.05) is 19.3 Å². The van der Waals surface area contributed by atoms with Crippen LogP contribution in [0.15, 0.2) is 24.8 Å². The maximum atomic E-state index is 9.24. The third-order valence-electron chi connectivity index (χ3n) is 3.81. The highest BCUT2D eigenvalue weighted by atomic mass is 16.6. The molecule has 3 N–H and O–H groups in total. The van der Waals surface area contributed by atoms with Gasteiger partial charge in [0.1, 0.15) is 31.3 Å². The van der Waals surface area contributed by atoms with Crippen molar-refractivity contribution in [3.8, 4) is 0 Å². The Morgan fingerprint density at radius 2 is 1.71 bits per heavy atom. The van der Waals surface area contributed by atoms with Gasteiger partial charge in [-0.2, -0.15) is 0 Å². The molecule has 2 aromatic heterocycles. The molecule has 0 amide bonds. The van der Waals surface area contributed by atoms with Crippen molar-refractivity contribution in [1.29, 1.82) is 0 Å². The molecule has 0 saturated carbocycles. The lowest BCUT2D eigenvalue weighted by Crippen LogP contribution is -2.40. The van der Waals surface area contributed by atoms with Crippen LogP contribution < -0.4 is 4.57 Å². The standard InChI is InChI=1S/C10H19N2O2.C4H6N2.2C3H6O/c1-8(13)6-11-4-5-12(10(11)3)7-9(2)14;1-4-5-2-3-6-4;2*1-3-2-4-3/h4-5,8-9,13-14H,6-7H2,1-3H3;2-3H,1H3,(H,5,6);2*3H,2H2,1H3/q+1;;;. The number of aromatic amines is 1. The van der Waals surface area contributed by atoms with Crippen molar-refractivity contribution < 1.29 is 24.3 Å². The Morgan fingerprint density at radius 3 is 2.00 bits per heavy atom. The highest BCUT2D eigenvalue weighted by Crippen LogP contribution is 2.04. The van der Waals surface area contributed by atoms with E-state index in [2.05, 4.69) is 23.8 Å². The third kappa shape index (κ3) is 12.6. The molecular formula is C20H37N4O4+. The van der Waals surface area contributed by atoms with Gasteiger partial charge in [-0.25, -0.2) is 14.1 Å². The number of hydrogen-bond acceptors (Lipinski definition) is 5. The zero-order valence-corrected chi connectivity index (χ0v) is 18.0. The number of rotatable bonds is 4. The molecule has 28 heavy (non-hydrogen) atoms. The van der Waals surface area contributed by atoms with Crippen molar-refractivity contribution in [2.24, 2.45) is 0 Å². The maximum Gasteiger partial charge on any atom is 0.253 e. The lowest BCUT2D eigenvalue weighted by atomic mass is 10.4. The second-order valence-electron chi connectivity index (χ2n) is 7.31. The number of H-pyrrole nitrogens is 1. The fourth-order valence-corrected chi connectivity index (χ4v) is 2.03. The van der Waals surface area contributed by atoms with Gasteiger partial charge in [-0.3, -0.25) is 0 Å². The fraction of sp³-hybridized carbons (Fsp3) is 0.700. The summed E-state index contributed by atoms with van der Waals surface area (Å²) in [6.45, 7) is 14.7. The Kier molecular flexibility index (Phi) is 11.0. The first-order chi connectivity index (χ1) is 13.2. The molecule has 4 heterocycles. The first kappa shape index (κ1) is 24.3. The average Bonchev–Trinajstić information content (AvgIpc) is 3.50. The predicted molar refractivity (Wildman–Crippen MR) is 107 cm³/mol. The van der Waals surface area contributed by atoms with E-state index in [1.807, 2.05) is 35.4 Å². The van der Waals surface area contributed by atoms with Crippen LogP contribution in [-0.4, -0.2) is 62.4 Å². The molecule has 8 nitrogen and oxygen atoms in total. The van der Waals surface area contributed by atoms with E-state index in [0.29, 0.717) is 25.3 Å². The van der Waals surface area contributed by atoms with Crippen LogP contribution in [0.2, 0.25) is 0 Å². The lowest BCUT2D eigenvalue weighted by molar-refractivity contribution is -0.708. The summed E-state index contributed by atoms with van der Waals surface area (Å²) in [5, 5.41) is 18.5. The molecule has 2 fully saturated rings. The molecule has 8 heteroatoms. The number of epoxide rings is 2. The molecule has 4 rings (SSSR count). The topological polar surface area (TPSA) is 103 Å². The number of ether oxygens (including phenoxy) is 2. The Balaban J connectivity index is 0.000000225. The maximum absolute atomic E-state index is 9.24. The molecule has 0 bridgehead atoms. The second kappa shape index (κ2) is 12.7. The van der Waals surface area contributed by atoms with Gasteiger partial charge in [-0.05, 0) is 34.6 Å². The van der Waals surface area contributed by atoms with E-state index in [4.69, 9.17) is 9.47 Å². The second-order valence-corrected chi connectivity index (χ2v) is 7.31. The lowest BCUT2D eigenvalue weighted by Gasteiger charge is -2.04. The molecule has 160 valence electrons. The Bertz CT molecular complexity index is 595. The first-order valence-corrected chi connectivity index (χ1v) is 9.79. The van der Waals surface area contributed by atoms with Crippen LogP contribution in [0.4, 0.5) is 0 Å². The number of hydrogen-bond donors (Lipinski definition) is 3. The molecule has 4 atom stereocenters. The van der Waals surface area contributed by atoms with Gasteiger partial charge in [0.05, 0.1) is 37.6 Å². The highest BCUT2D eigenvalue weighted by Gasteiger charge is 2.15. The van der Waals surface area contributed by atoms with Crippen molar-refractivity contribution in [1.82, 2.24) is 14.5 Å². The van der Waals surface area contributed by atoms with Crippen molar-refractivity contribution in [2.75, 3.05) is 13.2 Å². The van der Waals surface area contributed by atoms with Gasteiger partial charge < -0.3 is 24.7 Å². The molecule has 0 aliphatic carbocycles. The minimum Gasteiger partial charge on any atom is -0.389 e. The zero-order chi connectivity index (χ0) is 21.1. The van der Waals surface area contributed by atoms with E-state index in [9.17, 15) is 10.2 Å². The summed E-state index contributed by atoms with van der Waals surface area (Å²) in [4.78, 5) is 6.75. The van der Waals surface area contributed by atoms with E-state index in [0.717, 1.165) is 24.9 Å². The summed E-state index contributed by atoms with van der Waals surface area (Å²) in [5.74, 6) is 2.02. The molecule has 0 aromatic carbocycles. The number of aliphatic hydroxyl groups is 2. The molecule has 0 radical (unpaired) electrons. The van der Waals surface area contributed by atoms with E-state index >= 15 is 0 Å². The van der Waals surface area contributed by atoms with Gasteiger partial charge in [0.2, 0.25) is 0 Å². The molecule has 0 spiro atoms. The monoisotopic (exact) mass is 397 g/mol. The summed E-state index contributed by atoms with van der Waals surface area (Å²) in [6, 6.07) is 0. The Hall–Kier alpha value is -1.74. The summed E-state index contributed by atoms with van der Waals surface area (Å²) in [7, 11) is 0. The SMILES string of the molecule is CC1CO1.CC1CO1.Cc1n(CC(C)O)cc[n+]1CC(C)O.Cc1ncc[nH]1. The quantitative estimate of drug-likeness (QED) is 0.534. The number of aliphatic hydroxyl groups excluding tert-OH is 2. The van der Waals surface area contributed by atoms with Crippen LogP contribution >= 0.6 is 0 Å². The minimum atomic E-state index is -0.346. The van der Waals surface area contributed by atoms with Crippen LogP contribution in [0.25, 0.3) is 0 Å². The fourth-order valence-electron chi connectivity index (χ4n) is 2.03. The van der Waals surface area contributed by atoms with Crippen LogP contribution in [0, 0.1) is 13.8 Å². The molecule has 2 aliphatic heterocycles. The van der Waals surface area contributed by atoms with Gasteiger partial charge in [-0.15, -0.1) is 0 Å². The number of aromatic nitrogens is 4. The first-order valence-electron chi connectivity index (χ1n) is 9.79. The molecule has 4 unspecified atom stereocenters. The highest BCUT2D eigenvalue weighted by molar-refractivity contribution is 4.81. The average molecular weight is 398 g/mol. The van der Waals surface area contributed by atoms with Crippen molar-refractivity contribution in [2.45, 2.75) is 79.0 Å². The molecule has 2 aliphatic rings. The van der Waals surface area contributed by atoms with E-state index in [-0.39, 0.29) is 12.2 Å². The van der Waals surface area contributed by atoms with Crippen molar-refractivity contribution >= 4 is 0 Å². The van der Waals surface area contributed by atoms with E-state index in [1.54, 1.807) is 26.2 Å². The molecule has 2 saturated heterocycles. The number of imidazole rings is 2. The largest absolute Gasteiger partial charge is 0.389 e. The van der Waals surface area contributed by atoms with Crippen molar-refractivity contribution in [3.63, 3.8) is 0 Å². The predicted octanol–water partition coefficient (Wildman–Crippen LogP) is 1.37.